The Morgan fingerprint density at radius 2 is 2.33 bits per heavy atom. The SMILES string of the molecule is COC1O[C@H](CO)[C@@H](O)C2=CC(=O)O[C@H]21. The van der Waals surface area contributed by atoms with Crippen LogP contribution in [0.5, 0.6) is 0 Å². The van der Waals surface area contributed by atoms with E-state index >= 15 is 0 Å². The van der Waals surface area contributed by atoms with E-state index in [2.05, 4.69) is 0 Å². The number of fused-ring (bicyclic) bond motifs is 1. The van der Waals surface area contributed by atoms with Crippen LogP contribution in [0.25, 0.3) is 0 Å². The Hall–Kier alpha value is -0.950. The molecule has 2 rings (SSSR count). The van der Waals surface area contributed by atoms with E-state index in [-0.39, 0.29) is 6.61 Å². The van der Waals surface area contributed by atoms with E-state index < -0.39 is 30.6 Å². The highest BCUT2D eigenvalue weighted by Crippen LogP contribution is 2.31. The normalized spacial score (nSPS) is 39.7. The van der Waals surface area contributed by atoms with Crippen molar-refractivity contribution in [1.29, 1.82) is 0 Å². The van der Waals surface area contributed by atoms with E-state index in [9.17, 15) is 9.90 Å². The third kappa shape index (κ3) is 1.65. The van der Waals surface area contributed by atoms with Gasteiger partial charge in [0.1, 0.15) is 12.2 Å². The van der Waals surface area contributed by atoms with Gasteiger partial charge in [0.25, 0.3) is 0 Å². The van der Waals surface area contributed by atoms with E-state index in [0.29, 0.717) is 5.57 Å². The summed E-state index contributed by atoms with van der Waals surface area (Å²) >= 11 is 0. The Morgan fingerprint density at radius 1 is 1.60 bits per heavy atom. The lowest BCUT2D eigenvalue weighted by atomic mass is 9.97. The van der Waals surface area contributed by atoms with Crippen molar-refractivity contribution in [3.63, 3.8) is 0 Å². The van der Waals surface area contributed by atoms with Crippen molar-refractivity contribution in [2.75, 3.05) is 13.7 Å². The molecular weight excluding hydrogens is 204 g/mol. The number of methoxy groups -OCH3 is 1. The largest absolute Gasteiger partial charge is 0.449 e. The number of carbonyl (C=O) groups excluding carboxylic acids is 1. The molecule has 15 heavy (non-hydrogen) atoms. The van der Waals surface area contributed by atoms with Crippen LogP contribution in [-0.4, -0.2) is 54.5 Å². The van der Waals surface area contributed by atoms with Crippen molar-refractivity contribution in [2.45, 2.75) is 24.6 Å². The number of hydrogen-bond donors (Lipinski definition) is 2. The lowest BCUT2D eigenvalue weighted by Gasteiger charge is -2.36. The molecule has 0 spiro atoms. The fourth-order valence-corrected chi connectivity index (χ4v) is 1.77. The molecule has 0 aromatic heterocycles. The van der Waals surface area contributed by atoms with Crippen LogP contribution in [0, 0.1) is 0 Å². The number of rotatable bonds is 2. The van der Waals surface area contributed by atoms with Gasteiger partial charge >= 0.3 is 5.97 Å². The zero-order chi connectivity index (χ0) is 11.0. The van der Waals surface area contributed by atoms with E-state index in [1.54, 1.807) is 0 Å². The Bertz CT molecular complexity index is 299. The van der Waals surface area contributed by atoms with Gasteiger partial charge in [-0.1, -0.05) is 0 Å². The van der Waals surface area contributed by atoms with Crippen LogP contribution in [0.3, 0.4) is 0 Å². The van der Waals surface area contributed by atoms with Gasteiger partial charge < -0.3 is 24.4 Å². The predicted molar refractivity (Wildman–Crippen MR) is 46.7 cm³/mol. The third-order valence-electron chi connectivity index (χ3n) is 2.52. The maximum atomic E-state index is 11.0. The molecule has 0 saturated carbocycles. The van der Waals surface area contributed by atoms with Crippen LogP contribution < -0.4 is 0 Å². The van der Waals surface area contributed by atoms with Crippen molar-refractivity contribution >= 4 is 5.97 Å². The number of hydrogen-bond acceptors (Lipinski definition) is 6. The van der Waals surface area contributed by atoms with Crippen LogP contribution in [-0.2, 0) is 19.0 Å². The molecule has 2 heterocycles. The lowest BCUT2D eigenvalue weighted by molar-refractivity contribution is -0.241. The summed E-state index contributed by atoms with van der Waals surface area (Å²) in [5, 5.41) is 18.7. The quantitative estimate of drug-likeness (QED) is 0.550. The summed E-state index contributed by atoms with van der Waals surface area (Å²) in [6.45, 7) is -0.348. The van der Waals surface area contributed by atoms with Crippen molar-refractivity contribution in [3.05, 3.63) is 11.6 Å². The summed E-state index contributed by atoms with van der Waals surface area (Å²) in [5.74, 6) is -0.529. The van der Waals surface area contributed by atoms with Gasteiger partial charge in [-0.2, -0.15) is 0 Å². The van der Waals surface area contributed by atoms with Crippen molar-refractivity contribution in [1.82, 2.24) is 0 Å². The van der Waals surface area contributed by atoms with Gasteiger partial charge in [0.05, 0.1) is 6.61 Å². The third-order valence-corrected chi connectivity index (χ3v) is 2.52. The summed E-state index contributed by atoms with van der Waals surface area (Å²) in [7, 11) is 1.40. The molecule has 0 amide bonds. The first-order valence-corrected chi connectivity index (χ1v) is 4.56. The molecule has 1 unspecified atom stereocenters. The second kappa shape index (κ2) is 3.90. The Morgan fingerprint density at radius 3 is 2.93 bits per heavy atom. The van der Waals surface area contributed by atoms with Crippen molar-refractivity contribution in [3.8, 4) is 0 Å². The second-order valence-electron chi connectivity index (χ2n) is 3.41. The van der Waals surface area contributed by atoms with Crippen molar-refractivity contribution < 1.29 is 29.2 Å². The maximum Gasteiger partial charge on any atom is 0.331 e. The molecule has 1 saturated heterocycles. The topological polar surface area (TPSA) is 85.2 Å². The Balaban J connectivity index is 2.25. The summed E-state index contributed by atoms with van der Waals surface area (Å²) in [5.41, 5.74) is 0.400. The smallest absolute Gasteiger partial charge is 0.331 e. The first-order chi connectivity index (χ1) is 7.17. The van der Waals surface area contributed by atoms with Crippen LogP contribution in [0.4, 0.5) is 0 Å². The molecule has 0 aliphatic carbocycles. The summed E-state index contributed by atoms with van der Waals surface area (Å²) in [4.78, 5) is 11.0. The molecular formula is C9H12O6. The fraction of sp³-hybridized carbons (Fsp3) is 0.667. The molecule has 0 bridgehead atoms. The van der Waals surface area contributed by atoms with Gasteiger partial charge in [0.2, 0.25) is 0 Å². The minimum Gasteiger partial charge on any atom is -0.449 e. The predicted octanol–water partition coefficient (Wildman–Crippen LogP) is -1.44. The standard InChI is InChI=1S/C9H12O6/c1-13-9-8-4(2-6(11)15-8)7(12)5(3-10)14-9/h2,5,7-10,12H,3H2,1H3/t5-,7+,8-,9?/m1/s1. The lowest BCUT2D eigenvalue weighted by Crippen LogP contribution is -2.50. The second-order valence-corrected chi connectivity index (χ2v) is 3.41. The molecule has 6 nitrogen and oxygen atoms in total. The molecule has 2 aliphatic rings. The van der Waals surface area contributed by atoms with E-state index in [4.69, 9.17) is 19.3 Å². The molecule has 2 N–H and O–H groups in total. The molecule has 0 aromatic carbocycles. The van der Waals surface area contributed by atoms with Crippen LogP contribution in [0.1, 0.15) is 0 Å². The number of aliphatic hydroxyl groups is 2. The zero-order valence-electron chi connectivity index (χ0n) is 8.12. The van der Waals surface area contributed by atoms with Crippen LogP contribution >= 0.6 is 0 Å². The van der Waals surface area contributed by atoms with E-state index in [1.807, 2.05) is 0 Å². The number of carbonyl (C=O) groups is 1. The molecule has 0 radical (unpaired) electrons. The monoisotopic (exact) mass is 216 g/mol. The highest BCUT2D eigenvalue weighted by Gasteiger charge is 2.46. The van der Waals surface area contributed by atoms with Crippen LogP contribution in [0.2, 0.25) is 0 Å². The highest BCUT2D eigenvalue weighted by molar-refractivity contribution is 5.86. The molecule has 6 heteroatoms. The number of esters is 1. The molecule has 0 aromatic rings. The summed E-state index contributed by atoms with van der Waals surface area (Å²) in [6.07, 6.45) is -2.08. The van der Waals surface area contributed by atoms with Gasteiger partial charge in [-0.15, -0.1) is 0 Å². The minimum atomic E-state index is -1.03. The zero-order valence-corrected chi connectivity index (χ0v) is 8.12. The summed E-state index contributed by atoms with van der Waals surface area (Å²) < 4.78 is 15.1. The average Bonchev–Trinajstić information content (AvgIpc) is 2.61. The van der Waals surface area contributed by atoms with Gasteiger partial charge in [-0.25, -0.2) is 4.79 Å². The number of aliphatic hydroxyl groups excluding tert-OH is 2. The Labute approximate surface area is 86.0 Å². The van der Waals surface area contributed by atoms with E-state index in [0.717, 1.165) is 0 Å². The first kappa shape index (κ1) is 10.6. The van der Waals surface area contributed by atoms with Gasteiger partial charge in [-0.3, -0.25) is 0 Å². The van der Waals surface area contributed by atoms with E-state index in [1.165, 1.54) is 13.2 Å². The van der Waals surface area contributed by atoms with Crippen molar-refractivity contribution in [2.24, 2.45) is 0 Å². The first-order valence-electron chi connectivity index (χ1n) is 4.56. The molecule has 2 aliphatic heterocycles. The fourth-order valence-electron chi connectivity index (χ4n) is 1.77. The molecule has 4 atom stereocenters. The Kier molecular flexibility index (Phi) is 2.74. The summed E-state index contributed by atoms with van der Waals surface area (Å²) in [6, 6.07) is 0. The van der Waals surface area contributed by atoms with Gasteiger partial charge in [0, 0.05) is 18.8 Å². The molecule has 84 valence electrons. The van der Waals surface area contributed by atoms with Crippen LogP contribution in [0.15, 0.2) is 11.6 Å². The maximum absolute atomic E-state index is 11.0. The van der Waals surface area contributed by atoms with Gasteiger partial charge in [-0.05, 0) is 0 Å². The highest BCUT2D eigenvalue weighted by atomic mass is 16.7. The minimum absolute atomic E-state index is 0.348. The van der Waals surface area contributed by atoms with Gasteiger partial charge in [0.15, 0.2) is 12.4 Å². The molecule has 1 fully saturated rings. The number of ether oxygens (including phenoxy) is 3. The average molecular weight is 216 g/mol.